The molecule has 0 spiro atoms. The molecule has 2 aliphatic rings. The molecule has 2 aromatic rings. The topological polar surface area (TPSA) is 87.2 Å². The van der Waals surface area contributed by atoms with Crippen molar-refractivity contribution in [1.29, 1.82) is 0 Å². The van der Waals surface area contributed by atoms with Gasteiger partial charge in [-0.3, -0.25) is 9.69 Å². The second kappa shape index (κ2) is 9.53. The lowest BCUT2D eigenvalue weighted by molar-refractivity contribution is 0.0790. The van der Waals surface area contributed by atoms with Gasteiger partial charge in [0.1, 0.15) is 5.82 Å². The van der Waals surface area contributed by atoms with Gasteiger partial charge >= 0.3 is 0 Å². The highest BCUT2D eigenvalue weighted by Gasteiger charge is 2.20. The van der Waals surface area contributed by atoms with Crippen molar-refractivity contribution < 1.29 is 19.4 Å². The summed E-state index contributed by atoms with van der Waals surface area (Å²) in [5, 5.41) is 13.0. The van der Waals surface area contributed by atoms with Crippen molar-refractivity contribution in [3.8, 4) is 11.5 Å². The van der Waals surface area contributed by atoms with Crippen molar-refractivity contribution in [2.45, 2.75) is 26.4 Å². The average molecular weight is 427 g/mol. The molecule has 1 aromatic heterocycles. The molecular weight excluding hydrogens is 396 g/mol. The number of anilines is 2. The van der Waals surface area contributed by atoms with Crippen molar-refractivity contribution in [3.05, 3.63) is 42.1 Å². The maximum Gasteiger partial charge on any atom is 0.255 e. The van der Waals surface area contributed by atoms with Crippen LogP contribution in [-0.4, -0.2) is 66.5 Å². The minimum Gasteiger partial charge on any atom is -0.454 e. The van der Waals surface area contributed by atoms with Crippen LogP contribution in [0.25, 0.3) is 0 Å². The zero-order valence-electron chi connectivity index (χ0n) is 18.1. The molecule has 1 unspecified atom stereocenters. The molecule has 1 aromatic carbocycles. The predicted octanol–water partition coefficient (Wildman–Crippen LogP) is 2.59. The maximum absolute atomic E-state index is 12.5. The summed E-state index contributed by atoms with van der Waals surface area (Å²) in [4.78, 5) is 21.7. The summed E-state index contributed by atoms with van der Waals surface area (Å²) >= 11 is 0. The maximum atomic E-state index is 12.5. The third-order valence-electron chi connectivity index (χ3n) is 5.77. The summed E-state index contributed by atoms with van der Waals surface area (Å²) in [6.07, 6.45) is 2.41. The summed E-state index contributed by atoms with van der Waals surface area (Å²) in [5.74, 6) is 2.17. The van der Waals surface area contributed by atoms with E-state index in [0.717, 1.165) is 38.4 Å². The number of rotatable bonds is 6. The Bertz CT molecular complexity index is 903. The minimum atomic E-state index is -0.294. The number of amides is 1. The fourth-order valence-corrected chi connectivity index (χ4v) is 3.75. The van der Waals surface area contributed by atoms with Gasteiger partial charge in [-0.1, -0.05) is 13.8 Å². The van der Waals surface area contributed by atoms with Crippen LogP contribution >= 0.6 is 0 Å². The Morgan fingerprint density at radius 3 is 2.74 bits per heavy atom. The van der Waals surface area contributed by atoms with Gasteiger partial charge in [0.15, 0.2) is 11.5 Å². The smallest absolute Gasteiger partial charge is 0.255 e. The third kappa shape index (κ3) is 5.26. The van der Waals surface area contributed by atoms with E-state index in [1.165, 1.54) is 0 Å². The van der Waals surface area contributed by atoms with Crippen LogP contribution in [0.3, 0.4) is 0 Å². The van der Waals surface area contributed by atoms with E-state index >= 15 is 0 Å². The first-order chi connectivity index (χ1) is 15.0. The molecule has 0 saturated carbocycles. The first kappa shape index (κ1) is 21.4. The van der Waals surface area contributed by atoms with Crippen molar-refractivity contribution in [3.63, 3.8) is 0 Å². The molecule has 1 saturated heterocycles. The number of aliphatic hydroxyl groups is 1. The van der Waals surface area contributed by atoms with Crippen LogP contribution in [0.4, 0.5) is 11.5 Å². The van der Waals surface area contributed by atoms with E-state index in [-0.39, 0.29) is 24.7 Å². The second-order valence-electron chi connectivity index (χ2n) is 8.38. The number of hydrogen-bond donors (Lipinski definition) is 2. The fraction of sp³-hybridized carbons (Fsp3) is 0.478. The van der Waals surface area contributed by atoms with Crippen molar-refractivity contribution in [1.82, 2.24) is 9.88 Å². The number of benzene rings is 1. The number of pyridine rings is 1. The largest absolute Gasteiger partial charge is 0.454 e. The third-order valence-corrected chi connectivity index (χ3v) is 5.77. The van der Waals surface area contributed by atoms with Gasteiger partial charge in [0.25, 0.3) is 5.91 Å². The monoisotopic (exact) mass is 426 g/mol. The zero-order valence-corrected chi connectivity index (χ0v) is 18.1. The number of ether oxygens (including phenoxy) is 2. The number of aromatic nitrogens is 1. The summed E-state index contributed by atoms with van der Waals surface area (Å²) in [7, 11) is 0. The van der Waals surface area contributed by atoms with E-state index in [0.29, 0.717) is 29.3 Å². The molecule has 0 aliphatic carbocycles. The van der Waals surface area contributed by atoms with Crippen LogP contribution in [0.5, 0.6) is 11.5 Å². The Hall–Kier alpha value is -2.84. The number of β-amino-alcohol motifs (C(OH)–C–C–N with tert-alkyl or cyclic N) is 1. The highest BCUT2D eigenvalue weighted by Crippen LogP contribution is 2.32. The zero-order chi connectivity index (χ0) is 21.8. The Labute approximate surface area is 182 Å². The molecule has 2 aliphatic heterocycles. The van der Waals surface area contributed by atoms with Gasteiger partial charge in [0.05, 0.1) is 18.0 Å². The van der Waals surface area contributed by atoms with E-state index in [2.05, 4.69) is 20.1 Å². The highest BCUT2D eigenvalue weighted by atomic mass is 16.7. The van der Waals surface area contributed by atoms with Gasteiger partial charge < -0.3 is 24.8 Å². The molecule has 8 heteroatoms. The normalized spacial score (nSPS) is 17.5. The SMILES string of the molecule is CC(C)C(O)CN1CCCN(c2ccc(NC(=O)c3ccc4c(c3)OCO4)cn2)CC1. The predicted molar refractivity (Wildman–Crippen MR) is 119 cm³/mol. The summed E-state index contributed by atoms with van der Waals surface area (Å²) in [6.45, 7) is 8.64. The second-order valence-corrected chi connectivity index (χ2v) is 8.38. The van der Waals surface area contributed by atoms with E-state index in [1.54, 1.807) is 24.4 Å². The first-order valence-electron chi connectivity index (χ1n) is 10.8. The summed E-state index contributed by atoms with van der Waals surface area (Å²) in [5.41, 5.74) is 1.15. The molecular formula is C23H30N4O4. The number of carbonyl (C=O) groups is 1. The van der Waals surface area contributed by atoms with Crippen molar-refractivity contribution in [2.24, 2.45) is 5.92 Å². The van der Waals surface area contributed by atoms with Gasteiger partial charge in [-0.15, -0.1) is 0 Å². The van der Waals surface area contributed by atoms with Gasteiger partial charge in [-0.2, -0.15) is 0 Å². The molecule has 0 bridgehead atoms. The molecule has 0 radical (unpaired) electrons. The molecule has 4 rings (SSSR count). The van der Waals surface area contributed by atoms with E-state index in [1.807, 2.05) is 26.0 Å². The van der Waals surface area contributed by atoms with Gasteiger partial charge in [0, 0.05) is 31.7 Å². The number of hydrogen-bond acceptors (Lipinski definition) is 7. The summed E-state index contributed by atoms with van der Waals surface area (Å²) in [6, 6.07) is 8.94. The lowest BCUT2D eigenvalue weighted by Gasteiger charge is -2.25. The fourth-order valence-electron chi connectivity index (χ4n) is 3.75. The van der Waals surface area contributed by atoms with E-state index in [4.69, 9.17) is 9.47 Å². The Morgan fingerprint density at radius 1 is 1.13 bits per heavy atom. The van der Waals surface area contributed by atoms with Gasteiger partial charge in [-0.05, 0) is 49.2 Å². The number of aliphatic hydroxyl groups excluding tert-OH is 1. The number of nitrogens with zero attached hydrogens (tertiary/aromatic N) is 3. The molecule has 1 fully saturated rings. The van der Waals surface area contributed by atoms with E-state index in [9.17, 15) is 9.90 Å². The quantitative estimate of drug-likeness (QED) is 0.734. The molecule has 1 atom stereocenters. The summed E-state index contributed by atoms with van der Waals surface area (Å²) < 4.78 is 10.6. The first-order valence-corrected chi connectivity index (χ1v) is 10.8. The average Bonchev–Trinajstić information content (AvgIpc) is 3.12. The minimum absolute atomic E-state index is 0.179. The Balaban J connectivity index is 1.33. The Kier molecular flexibility index (Phi) is 6.58. The highest BCUT2D eigenvalue weighted by molar-refractivity contribution is 6.04. The Morgan fingerprint density at radius 2 is 1.97 bits per heavy atom. The van der Waals surface area contributed by atoms with Crippen LogP contribution in [-0.2, 0) is 0 Å². The van der Waals surface area contributed by atoms with Crippen LogP contribution in [0.2, 0.25) is 0 Å². The van der Waals surface area contributed by atoms with Crippen LogP contribution in [0.1, 0.15) is 30.6 Å². The molecule has 2 N–H and O–H groups in total. The standard InChI is InChI=1S/C23H30N4O4/c1-16(2)19(28)14-26-8-3-9-27(11-10-26)22-7-5-18(13-24-22)25-23(29)17-4-6-20-21(12-17)31-15-30-20/h4-7,12-13,16,19,28H,3,8-11,14-15H2,1-2H3,(H,25,29). The molecule has 31 heavy (non-hydrogen) atoms. The molecule has 3 heterocycles. The van der Waals surface area contributed by atoms with Gasteiger partial charge in [-0.25, -0.2) is 4.98 Å². The number of nitrogens with one attached hydrogen (secondary N) is 1. The van der Waals surface area contributed by atoms with Crippen molar-refractivity contribution >= 4 is 17.4 Å². The lowest BCUT2D eigenvalue weighted by Crippen LogP contribution is -2.37. The number of fused-ring (bicyclic) bond motifs is 1. The molecule has 1 amide bonds. The molecule has 8 nitrogen and oxygen atoms in total. The lowest BCUT2D eigenvalue weighted by atomic mass is 10.1. The molecule has 166 valence electrons. The van der Waals surface area contributed by atoms with Crippen LogP contribution in [0, 0.1) is 5.92 Å². The van der Waals surface area contributed by atoms with Gasteiger partial charge in [0.2, 0.25) is 6.79 Å². The van der Waals surface area contributed by atoms with Crippen LogP contribution < -0.4 is 19.7 Å². The number of carbonyl (C=O) groups excluding carboxylic acids is 1. The van der Waals surface area contributed by atoms with E-state index < -0.39 is 0 Å². The van der Waals surface area contributed by atoms with Crippen molar-refractivity contribution in [2.75, 3.05) is 49.7 Å². The van der Waals surface area contributed by atoms with Crippen LogP contribution in [0.15, 0.2) is 36.5 Å².